The van der Waals surface area contributed by atoms with E-state index in [1.165, 1.54) is 11.1 Å². The Kier molecular flexibility index (Phi) is 4.26. The number of hydrogen-bond donors (Lipinski definition) is 1. The molecule has 0 saturated carbocycles. The molecule has 0 aliphatic heterocycles. The molecule has 1 aromatic heterocycles. The van der Waals surface area contributed by atoms with E-state index in [9.17, 15) is 0 Å². The molecule has 0 radical (unpaired) electrons. The maximum atomic E-state index is 5.99. The molecule has 18 heavy (non-hydrogen) atoms. The van der Waals surface area contributed by atoms with Gasteiger partial charge < -0.3 is 5.32 Å². The first-order valence-corrected chi connectivity index (χ1v) is 6.58. The summed E-state index contributed by atoms with van der Waals surface area (Å²) < 4.78 is 1.97. The predicted molar refractivity (Wildman–Crippen MR) is 76.0 cm³/mol. The Bertz CT molecular complexity index is 520. The summed E-state index contributed by atoms with van der Waals surface area (Å²) in [5, 5.41) is 8.45. The van der Waals surface area contributed by atoms with Gasteiger partial charge in [-0.3, -0.25) is 4.68 Å². The lowest BCUT2D eigenvalue weighted by Gasteiger charge is -2.08. The van der Waals surface area contributed by atoms with Crippen molar-refractivity contribution in [3.8, 4) is 0 Å². The molecule has 0 atom stereocenters. The Morgan fingerprint density at radius 1 is 1.39 bits per heavy atom. The molecule has 96 valence electrons. The zero-order valence-electron chi connectivity index (χ0n) is 10.8. The van der Waals surface area contributed by atoms with E-state index in [-0.39, 0.29) is 0 Å². The molecule has 0 spiro atoms. The lowest BCUT2D eigenvalue weighted by Crippen LogP contribution is -2.00. The van der Waals surface area contributed by atoms with Gasteiger partial charge in [-0.25, -0.2) is 0 Å². The fourth-order valence-corrected chi connectivity index (χ4v) is 2.00. The van der Waals surface area contributed by atoms with Gasteiger partial charge in [0.1, 0.15) is 0 Å². The number of nitrogens with zero attached hydrogens (tertiary/aromatic N) is 2. The quantitative estimate of drug-likeness (QED) is 0.888. The molecule has 2 aromatic rings. The highest BCUT2D eigenvalue weighted by molar-refractivity contribution is 6.30. The average Bonchev–Trinajstić information content (AvgIpc) is 2.79. The first-order valence-electron chi connectivity index (χ1n) is 6.20. The Hall–Kier alpha value is -1.48. The SMILES string of the molecule is CCCn1cc(CNc2cc(Cl)ccc2C)cn1. The van der Waals surface area contributed by atoms with Crippen LogP contribution in [0.15, 0.2) is 30.6 Å². The van der Waals surface area contributed by atoms with E-state index in [1.54, 1.807) is 0 Å². The van der Waals surface area contributed by atoms with Crippen LogP contribution in [0.3, 0.4) is 0 Å². The molecule has 1 aromatic carbocycles. The van der Waals surface area contributed by atoms with Gasteiger partial charge in [-0.2, -0.15) is 5.10 Å². The van der Waals surface area contributed by atoms with E-state index in [4.69, 9.17) is 11.6 Å². The topological polar surface area (TPSA) is 29.9 Å². The average molecular weight is 264 g/mol. The zero-order chi connectivity index (χ0) is 13.0. The van der Waals surface area contributed by atoms with Gasteiger partial charge in [0.25, 0.3) is 0 Å². The molecule has 4 heteroatoms. The molecule has 0 amide bonds. The van der Waals surface area contributed by atoms with Crippen LogP contribution < -0.4 is 5.32 Å². The second-order valence-electron chi connectivity index (χ2n) is 4.42. The third kappa shape index (κ3) is 3.26. The summed E-state index contributed by atoms with van der Waals surface area (Å²) in [6.45, 7) is 5.95. The van der Waals surface area contributed by atoms with E-state index in [0.29, 0.717) is 0 Å². The van der Waals surface area contributed by atoms with Crippen LogP contribution in [-0.2, 0) is 13.1 Å². The molecule has 0 aliphatic carbocycles. The number of halogens is 1. The first kappa shape index (κ1) is 13.0. The molecule has 1 heterocycles. The third-order valence-corrected chi connectivity index (χ3v) is 3.06. The number of nitrogens with one attached hydrogen (secondary N) is 1. The number of aryl methyl sites for hydroxylation is 2. The zero-order valence-corrected chi connectivity index (χ0v) is 11.5. The minimum Gasteiger partial charge on any atom is -0.381 e. The van der Waals surface area contributed by atoms with Crippen molar-refractivity contribution in [3.63, 3.8) is 0 Å². The minimum absolute atomic E-state index is 0.754. The Labute approximate surface area is 113 Å². The minimum atomic E-state index is 0.754. The van der Waals surface area contributed by atoms with Crippen LogP contribution in [0.5, 0.6) is 0 Å². The Balaban J connectivity index is 1.99. The van der Waals surface area contributed by atoms with Crippen LogP contribution in [0.25, 0.3) is 0 Å². The molecule has 1 N–H and O–H groups in total. The molecule has 0 aliphatic rings. The molecule has 0 unspecified atom stereocenters. The van der Waals surface area contributed by atoms with Crippen LogP contribution in [0.1, 0.15) is 24.5 Å². The monoisotopic (exact) mass is 263 g/mol. The van der Waals surface area contributed by atoms with Gasteiger partial charge in [-0.05, 0) is 31.0 Å². The number of hydrogen-bond acceptors (Lipinski definition) is 2. The largest absolute Gasteiger partial charge is 0.381 e. The van der Waals surface area contributed by atoms with Crippen molar-refractivity contribution >= 4 is 17.3 Å². The van der Waals surface area contributed by atoms with E-state index in [0.717, 1.165) is 30.2 Å². The molecule has 0 bridgehead atoms. The van der Waals surface area contributed by atoms with Gasteiger partial charge in [0.2, 0.25) is 0 Å². The molecule has 2 rings (SSSR count). The van der Waals surface area contributed by atoms with E-state index >= 15 is 0 Å². The third-order valence-electron chi connectivity index (χ3n) is 2.82. The number of benzene rings is 1. The maximum absolute atomic E-state index is 5.99. The Morgan fingerprint density at radius 2 is 2.22 bits per heavy atom. The second-order valence-corrected chi connectivity index (χ2v) is 4.86. The van der Waals surface area contributed by atoms with Crippen molar-refractivity contribution in [3.05, 3.63) is 46.7 Å². The van der Waals surface area contributed by atoms with E-state index in [1.807, 2.05) is 29.1 Å². The normalized spacial score (nSPS) is 10.6. The number of anilines is 1. The summed E-state index contributed by atoms with van der Waals surface area (Å²) in [6.07, 6.45) is 5.08. The van der Waals surface area contributed by atoms with E-state index < -0.39 is 0 Å². The first-order chi connectivity index (χ1) is 8.69. The number of rotatable bonds is 5. The predicted octanol–water partition coefficient (Wildman–Crippen LogP) is 3.87. The summed E-state index contributed by atoms with van der Waals surface area (Å²) in [6, 6.07) is 5.87. The van der Waals surface area contributed by atoms with Gasteiger partial charge in [0.05, 0.1) is 6.20 Å². The smallest absolute Gasteiger partial charge is 0.0539 e. The van der Waals surface area contributed by atoms with Crippen molar-refractivity contribution < 1.29 is 0 Å². The highest BCUT2D eigenvalue weighted by Crippen LogP contribution is 2.20. The van der Waals surface area contributed by atoms with Gasteiger partial charge in [-0.15, -0.1) is 0 Å². The van der Waals surface area contributed by atoms with Gasteiger partial charge in [0, 0.05) is 35.6 Å². The Morgan fingerprint density at radius 3 is 3.00 bits per heavy atom. The summed E-state index contributed by atoms with van der Waals surface area (Å²) in [4.78, 5) is 0. The van der Waals surface area contributed by atoms with Crippen molar-refractivity contribution in [2.45, 2.75) is 33.4 Å². The second kappa shape index (κ2) is 5.91. The van der Waals surface area contributed by atoms with Crippen molar-refractivity contribution in [2.24, 2.45) is 0 Å². The van der Waals surface area contributed by atoms with Crippen LogP contribution in [0.4, 0.5) is 5.69 Å². The standard InChI is InChI=1S/C14H18ClN3/c1-3-6-18-10-12(9-17-18)8-16-14-7-13(15)5-4-11(14)2/h4-5,7,9-10,16H,3,6,8H2,1-2H3. The molecular formula is C14H18ClN3. The number of aromatic nitrogens is 2. The fraction of sp³-hybridized carbons (Fsp3) is 0.357. The van der Waals surface area contributed by atoms with Gasteiger partial charge >= 0.3 is 0 Å². The molecule has 3 nitrogen and oxygen atoms in total. The van der Waals surface area contributed by atoms with Crippen LogP contribution >= 0.6 is 11.6 Å². The highest BCUT2D eigenvalue weighted by Gasteiger charge is 2.01. The lowest BCUT2D eigenvalue weighted by atomic mass is 10.2. The fourth-order valence-electron chi connectivity index (χ4n) is 1.83. The lowest BCUT2D eigenvalue weighted by molar-refractivity contribution is 0.602. The van der Waals surface area contributed by atoms with E-state index in [2.05, 4.69) is 30.5 Å². The van der Waals surface area contributed by atoms with Crippen molar-refractivity contribution in [1.82, 2.24) is 9.78 Å². The van der Waals surface area contributed by atoms with Crippen LogP contribution in [0.2, 0.25) is 5.02 Å². The summed E-state index contributed by atoms with van der Waals surface area (Å²) >= 11 is 5.99. The van der Waals surface area contributed by atoms with Crippen LogP contribution in [-0.4, -0.2) is 9.78 Å². The van der Waals surface area contributed by atoms with Gasteiger partial charge in [-0.1, -0.05) is 24.6 Å². The molecular weight excluding hydrogens is 246 g/mol. The summed E-state index contributed by atoms with van der Waals surface area (Å²) in [5.41, 5.74) is 3.45. The van der Waals surface area contributed by atoms with Gasteiger partial charge in [0.15, 0.2) is 0 Å². The van der Waals surface area contributed by atoms with Crippen molar-refractivity contribution in [1.29, 1.82) is 0 Å². The highest BCUT2D eigenvalue weighted by atomic mass is 35.5. The molecule has 0 fully saturated rings. The summed E-state index contributed by atoms with van der Waals surface area (Å²) in [7, 11) is 0. The van der Waals surface area contributed by atoms with Crippen molar-refractivity contribution in [2.75, 3.05) is 5.32 Å². The summed E-state index contributed by atoms with van der Waals surface area (Å²) in [5.74, 6) is 0. The van der Waals surface area contributed by atoms with Crippen LogP contribution in [0, 0.1) is 6.92 Å². The maximum Gasteiger partial charge on any atom is 0.0539 e. The molecule has 0 saturated heterocycles.